The molecule has 6 nitrogen and oxygen atoms in total. The van der Waals surface area contributed by atoms with Crippen molar-refractivity contribution in [2.45, 2.75) is 6.92 Å². The van der Waals surface area contributed by atoms with Gasteiger partial charge in [-0.15, -0.1) is 0 Å². The number of hydrogen-bond acceptors (Lipinski definition) is 5. The number of rotatable bonds is 5. The zero-order valence-electron chi connectivity index (χ0n) is 12.0. The van der Waals surface area contributed by atoms with Crippen LogP contribution in [0.3, 0.4) is 0 Å². The largest absolute Gasteiger partial charge is 0.468 e. The topological polar surface area (TPSA) is 72.9 Å². The van der Waals surface area contributed by atoms with Crippen LogP contribution in [0.25, 0.3) is 0 Å². The van der Waals surface area contributed by atoms with Gasteiger partial charge in [-0.2, -0.15) is 0 Å². The highest BCUT2D eigenvalue weighted by Gasteiger charge is 2.22. The second kappa shape index (κ2) is 7.64. The van der Waals surface area contributed by atoms with Crippen LogP contribution in [-0.2, 0) is 19.1 Å². The van der Waals surface area contributed by atoms with Gasteiger partial charge in [0.1, 0.15) is 13.1 Å². The lowest BCUT2D eigenvalue weighted by Gasteiger charge is -2.20. The van der Waals surface area contributed by atoms with Crippen LogP contribution in [0.4, 0.5) is 0 Å². The molecule has 1 amide bonds. The molecule has 1 aromatic carbocycles. The van der Waals surface area contributed by atoms with Crippen LogP contribution in [0.1, 0.15) is 15.9 Å². The van der Waals surface area contributed by atoms with Gasteiger partial charge in [-0.05, 0) is 30.7 Å². The molecule has 21 heavy (non-hydrogen) atoms. The number of methoxy groups -OCH3 is 2. The minimum Gasteiger partial charge on any atom is -0.468 e. The zero-order valence-corrected chi connectivity index (χ0v) is 12.8. The van der Waals surface area contributed by atoms with Gasteiger partial charge in [0.2, 0.25) is 0 Å². The van der Waals surface area contributed by atoms with Gasteiger partial charge in [-0.25, -0.2) is 0 Å². The van der Waals surface area contributed by atoms with E-state index in [9.17, 15) is 14.4 Å². The Morgan fingerprint density at radius 3 is 2.00 bits per heavy atom. The van der Waals surface area contributed by atoms with Crippen LogP contribution in [0.15, 0.2) is 18.2 Å². The van der Waals surface area contributed by atoms with Crippen molar-refractivity contribution in [3.8, 4) is 0 Å². The Morgan fingerprint density at radius 1 is 1.05 bits per heavy atom. The van der Waals surface area contributed by atoms with E-state index in [4.69, 9.17) is 11.6 Å². The molecule has 0 saturated carbocycles. The molecular weight excluding hydrogens is 298 g/mol. The van der Waals surface area contributed by atoms with Crippen LogP contribution >= 0.6 is 11.6 Å². The summed E-state index contributed by atoms with van der Waals surface area (Å²) in [4.78, 5) is 36.2. The fourth-order valence-corrected chi connectivity index (χ4v) is 1.97. The molecule has 0 N–H and O–H groups in total. The Bertz CT molecular complexity index is 520. The second-order valence-corrected chi connectivity index (χ2v) is 4.77. The Labute approximate surface area is 127 Å². The first-order valence-corrected chi connectivity index (χ1v) is 6.45. The number of hydrogen-bond donors (Lipinski definition) is 0. The van der Waals surface area contributed by atoms with Crippen molar-refractivity contribution in [2.24, 2.45) is 0 Å². The highest BCUT2D eigenvalue weighted by atomic mass is 35.5. The highest BCUT2D eigenvalue weighted by Crippen LogP contribution is 2.16. The van der Waals surface area contributed by atoms with Gasteiger partial charge in [0.25, 0.3) is 5.91 Å². The van der Waals surface area contributed by atoms with Crippen molar-refractivity contribution in [3.63, 3.8) is 0 Å². The number of carbonyl (C=O) groups excluding carboxylic acids is 3. The van der Waals surface area contributed by atoms with Crippen LogP contribution < -0.4 is 0 Å². The van der Waals surface area contributed by atoms with E-state index < -0.39 is 17.8 Å². The van der Waals surface area contributed by atoms with Crippen LogP contribution in [-0.4, -0.2) is 50.1 Å². The molecule has 0 atom stereocenters. The third-order valence-corrected chi connectivity index (χ3v) is 2.89. The minimum atomic E-state index is -0.633. The lowest BCUT2D eigenvalue weighted by atomic mass is 10.1. The second-order valence-electron chi connectivity index (χ2n) is 4.33. The third-order valence-electron chi connectivity index (χ3n) is 2.67. The number of carbonyl (C=O) groups is 3. The Hall–Kier alpha value is -2.08. The van der Waals surface area contributed by atoms with Gasteiger partial charge in [-0.1, -0.05) is 11.6 Å². The minimum absolute atomic E-state index is 0.285. The summed E-state index contributed by atoms with van der Waals surface area (Å²) in [5.74, 6) is -1.77. The van der Waals surface area contributed by atoms with Gasteiger partial charge in [0.05, 0.1) is 14.2 Å². The predicted molar refractivity (Wildman–Crippen MR) is 76.1 cm³/mol. The van der Waals surface area contributed by atoms with Crippen LogP contribution in [0.5, 0.6) is 0 Å². The molecule has 0 unspecified atom stereocenters. The number of nitrogens with zero attached hydrogens (tertiary/aromatic N) is 1. The number of ether oxygens (including phenoxy) is 2. The van der Waals surface area contributed by atoms with E-state index in [-0.39, 0.29) is 18.7 Å². The average molecular weight is 314 g/mol. The molecule has 0 aliphatic carbocycles. The van der Waals surface area contributed by atoms with E-state index in [2.05, 4.69) is 9.47 Å². The number of benzene rings is 1. The molecule has 7 heteroatoms. The molecule has 0 aliphatic heterocycles. The summed E-state index contributed by atoms with van der Waals surface area (Å²) in [7, 11) is 2.40. The molecule has 1 aromatic rings. The van der Waals surface area contributed by atoms with Crippen molar-refractivity contribution in [2.75, 3.05) is 27.3 Å². The molecular formula is C14H16ClNO5. The van der Waals surface area contributed by atoms with E-state index >= 15 is 0 Å². The van der Waals surface area contributed by atoms with Gasteiger partial charge < -0.3 is 14.4 Å². The van der Waals surface area contributed by atoms with E-state index in [1.807, 2.05) is 0 Å². The SMILES string of the molecule is COC(=O)CN(CC(=O)OC)C(=O)c1cc(C)cc(Cl)c1. The first-order valence-electron chi connectivity index (χ1n) is 6.07. The fraction of sp³-hybridized carbons (Fsp3) is 0.357. The molecule has 0 saturated heterocycles. The number of esters is 2. The lowest BCUT2D eigenvalue weighted by Crippen LogP contribution is -2.40. The summed E-state index contributed by atoms with van der Waals surface area (Å²) in [6, 6.07) is 4.79. The molecule has 0 heterocycles. The molecule has 0 aliphatic rings. The van der Waals surface area contributed by atoms with E-state index in [0.717, 1.165) is 10.5 Å². The van der Waals surface area contributed by atoms with Crippen LogP contribution in [0.2, 0.25) is 5.02 Å². The smallest absolute Gasteiger partial charge is 0.325 e. The van der Waals surface area contributed by atoms with Crippen LogP contribution in [0, 0.1) is 6.92 Å². The summed E-state index contributed by atoms with van der Waals surface area (Å²) >= 11 is 5.91. The molecule has 114 valence electrons. The maximum atomic E-state index is 12.4. The fourth-order valence-electron chi connectivity index (χ4n) is 1.68. The third kappa shape index (κ3) is 5.07. The Kier molecular flexibility index (Phi) is 6.17. The average Bonchev–Trinajstić information content (AvgIpc) is 2.44. The van der Waals surface area contributed by atoms with Gasteiger partial charge >= 0.3 is 11.9 Å². The first-order chi connectivity index (χ1) is 9.87. The van der Waals surface area contributed by atoms with Crippen molar-refractivity contribution < 1.29 is 23.9 Å². The van der Waals surface area contributed by atoms with E-state index in [1.54, 1.807) is 19.1 Å². The monoisotopic (exact) mass is 313 g/mol. The standard InChI is InChI=1S/C14H16ClNO5/c1-9-4-10(6-11(15)5-9)14(19)16(7-12(17)20-2)8-13(18)21-3/h4-6H,7-8H2,1-3H3. The van der Waals surface area contributed by atoms with Gasteiger partial charge in [0, 0.05) is 10.6 Å². The van der Waals surface area contributed by atoms with Crippen molar-refractivity contribution >= 4 is 29.4 Å². The number of amides is 1. The van der Waals surface area contributed by atoms with Crippen molar-refractivity contribution in [3.05, 3.63) is 34.3 Å². The summed E-state index contributed by atoms with van der Waals surface area (Å²) in [5.41, 5.74) is 1.08. The Balaban J connectivity index is 3.02. The number of halogens is 1. The first kappa shape index (κ1) is 17.0. The maximum absolute atomic E-state index is 12.4. The molecule has 1 rings (SSSR count). The normalized spacial score (nSPS) is 9.90. The van der Waals surface area contributed by atoms with E-state index in [0.29, 0.717) is 5.02 Å². The van der Waals surface area contributed by atoms with Gasteiger partial charge in [-0.3, -0.25) is 14.4 Å². The molecule has 0 bridgehead atoms. The Morgan fingerprint density at radius 2 is 1.57 bits per heavy atom. The van der Waals surface area contributed by atoms with Crippen molar-refractivity contribution in [1.82, 2.24) is 4.90 Å². The maximum Gasteiger partial charge on any atom is 0.325 e. The molecule has 0 spiro atoms. The summed E-state index contributed by atoms with van der Waals surface area (Å²) < 4.78 is 9.04. The summed E-state index contributed by atoms with van der Waals surface area (Å²) in [6.45, 7) is 1.08. The summed E-state index contributed by atoms with van der Waals surface area (Å²) in [5, 5.41) is 0.398. The zero-order chi connectivity index (χ0) is 16.0. The highest BCUT2D eigenvalue weighted by molar-refractivity contribution is 6.31. The molecule has 0 aromatic heterocycles. The quantitative estimate of drug-likeness (QED) is 0.769. The van der Waals surface area contributed by atoms with E-state index in [1.165, 1.54) is 20.3 Å². The van der Waals surface area contributed by atoms with Gasteiger partial charge in [0.15, 0.2) is 0 Å². The molecule has 0 fully saturated rings. The number of aryl methyl sites for hydroxylation is 1. The summed E-state index contributed by atoms with van der Waals surface area (Å²) in [6.07, 6.45) is 0. The van der Waals surface area contributed by atoms with Crippen molar-refractivity contribution in [1.29, 1.82) is 0 Å². The lowest BCUT2D eigenvalue weighted by molar-refractivity contribution is -0.144. The molecule has 0 radical (unpaired) electrons. The predicted octanol–water partition coefficient (Wildman–Crippen LogP) is 1.44.